The molecule has 1 atom stereocenters. The Morgan fingerprint density at radius 1 is 1.21 bits per heavy atom. The third kappa shape index (κ3) is 4.83. The van der Waals surface area contributed by atoms with Crippen LogP contribution in [0, 0.1) is 0 Å². The summed E-state index contributed by atoms with van der Waals surface area (Å²) in [5.74, 6) is 1.92. The van der Waals surface area contributed by atoms with Gasteiger partial charge in [0.15, 0.2) is 5.16 Å². The number of aromatic nitrogens is 3. The van der Waals surface area contributed by atoms with Crippen LogP contribution in [0.15, 0.2) is 23.4 Å². The van der Waals surface area contributed by atoms with Gasteiger partial charge in [0.25, 0.3) is 0 Å². The van der Waals surface area contributed by atoms with Gasteiger partial charge >= 0.3 is 0 Å². The molecule has 7 heteroatoms. The standard InChI is InChI=1S/C22H30N4O2S/c1-3-15-7-5-8-16(4-2)20(15)23-19(27)14-29-22-25-24-21(17-10-11-17)26(22)13-18-9-6-12-28-18/h5,7-8,17-18H,3-4,6,9-14H2,1-2H3,(H,23,27). The number of hydrogen-bond acceptors (Lipinski definition) is 5. The number of hydrogen-bond donors (Lipinski definition) is 1. The smallest absolute Gasteiger partial charge is 0.234 e. The van der Waals surface area contributed by atoms with Gasteiger partial charge < -0.3 is 14.6 Å². The second-order valence-corrected chi connectivity index (χ2v) is 8.80. The summed E-state index contributed by atoms with van der Waals surface area (Å²) in [7, 11) is 0. The van der Waals surface area contributed by atoms with E-state index < -0.39 is 0 Å². The van der Waals surface area contributed by atoms with Crippen molar-refractivity contribution >= 4 is 23.4 Å². The van der Waals surface area contributed by atoms with Crippen molar-refractivity contribution in [3.8, 4) is 0 Å². The number of para-hydroxylation sites is 1. The lowest BCUT2D eigenvalue weighted by atomic mass is 10.0. The van der Waals surface area contributed by atoms with Crippen molar-refractivity contribution < 1.29 is 9.53 Å². The van der Waals surface area contributed by atoms with Gasteiger partial charge in [-0.25, -0.2) is 0 Å². The minimum atomic E-state index is 0.00485. The predicted molar refractivity (Wildman–Crippen MR) is 116 cm³/mol. The van der Waals surface area contributed by atoms with E-state index in [2.05, 4.69) is 52.1 Å². The van der Waals surface area contributed by atoms with Crippen LogP contribution in [-0.4, -0.2) is 39.1 Å². The van der Waals surface area contributed by atoms with Crippen molar-refractivity contribution in [2.75, 3.05) is 17.7 Å². The quantitative estimate of drug-likeness (QED) is 0.623. The second kappa shape index (κ2) is 9.30. The van der Waals surface area contributed by atoms with Gasteiger partial charge in [-0.2, -0.15) is 0 Å². The van der Waals surface area contributed by atoms with Crippen LogP contribution >= 0.6 is 11.8 Å². The Kier molecular flexibility index (Phi) is 6.55. The summed E-state index contributed by atoms with van der Waals surface area (Å²) in [5.41, 5.74) is 3.34. The maximum Gasteiger partial charge on any atom is 0.234 e. The lowest BCUT2D eigenvalue weighted by Crippen LogP contribution is -2.19. The number of ether oxygens (including phenoxy) is 1. The van der Waals surface area contributed by atoms with Gasteiger partial charge in [0.1, 0.15) is 5.82 Å². The molecule has 1 amide bonds. The third-order valence-electron chi connectivity index (χ3n) is 5.69. The number of carbonyl (C=O) groups excluding carboxylic acids is 1. The summed E-state index contributed by atoms with van der Waals surface area (Å²) in [4.78, 5) is 12.7. The fourth-order valence-corrected chi connectivity index (χ4v) is 4.68. The van der Waals surface area contributed by atoms with E-state index in [1.165, 1.54) is 35.7 Å². The van der Waals surface area contributed by atoms with Crippen LogP contribution in [0.25, 0.3) is 0 Å². The Morgan fingerprint density at radius 2 is 1.97 bits per heavy atom. The molecule has 0 radical (unpaired) electrons. The molecule has 1 N–H and O–H groups in total. The number of carbonyl (C=O) groups is 1. The molecule has 0 bridgehead atoms. The zero-order chi connectivity index (χ0) is 20.2. The molecular formula is C22H30N4O2S. The Bertz CT molecular complexity index is 834. The van der Waals surface area contributed by atoms with Crippen LogP contribution in [0.1, 0.15) is 62.4 Å². The Labute approximate surface area is 176 Å². The van der Waals surface area contributed by atoms with Crippen molar-refractivity contribution in [3.63, 3.8) is 0 Å². The van der Waals surface area contributed by atoms with Gasteiger partial charge in [-0.15, -0.1) is 10.2 Å². The topological polar surface area (TPSA) is 69.0 Å². The summed E-state index contributed by atoms with van der Waals surface area (Å²) in [6.07, 6.45) is 6.60. The lowest BCUT2D eigenvalue weighted by molar-refractivity contribution is -0.113. The van der Waals surface area contributed by atoms with Crippen molar-refractivity contribution in [3.05, 3.63) is 35.2 Å². The van der Waals surface area contributed by atoms with Crippen molar-refractivity contribution in [1.29, 1.82) is 0 Å². The third-order valence-corrected chi connectivity index (χ3v) is 6.66. The molecule has 156 valence electrons. The van der Waals surface area contributed by atoms with Crippen LogP contribution in [-0.2, 0) is 28.9 Å². The largest absolute Gasteiger partial charge is 0.376 e. The average molecular weight is 415 g/mol. The van der Waals surface area contributed by atoms with Gasteiger partial charge in [0, 0.05) is 18.2 Å². The van der Waals surface area contributed by atoms with Crippen LogP contribution < -0.4 is 5.32 Å². The van der Waals surface area contributed by atoms with E-state index in [-0.39, 0.29) is 12.0 Å². The van der Waals surface area contributed by atoms with Gasteiger partial charge in [-0.3, -0.25) is 4.79 Å². The van der Waals surface area contributed by atoms with Crippen molar-refractivity contribution in [2.45, 2.75) is 76.1 Å². The highest BCUT2D eigenvalue weighted by molar-refractivity contribution is 7.99. The molecule has 1 saturated carbocycles. The molecule has 0 spiro atoms. The molecule has 2 aliphatic rings. The minimum absolute atomic E-state index is 0.00485. The number of amides is 1. The number of benzene rings is 1. The first-order chi connectivity index (χ1) is 14.2. The Morgan fingerprint density at radius 3 is 2.59 bits per heavy atom. The van der Waals surface area contributed by atoms with Gasteiger partial charge in [-0.05, 0) is 49.7 Å². The maximum atomic E-state index is 12.7. The fraction of sp³-hybridized carbons (Fsp3) is 0.591. The van der Waals surface area contributed by atoms with Crippen LogP contribution in [0.3, 0.4) is 0 Å². The van der Waals surface area contributed by atoms with E-state index in [9.17, 15) is 4.79 Å². The molecule has 1 aromatic heterocycles. The lowest BCUT2D eigenvalue weighted by Gasteiger charge is -2.15. The monoisotopic (exact) mass is 414 g/mol. The first-order valence-electron chi connectivity index (χ1n) is 10.8. The van der Waals surface area contributed by atoms with E-state index in [4.69, 9.17) is 4.74 Å². The number of aryl methyl sites for hydroxylation is 2. The van der Waals surface area contributed by atoms with E-state index in [1.807, 2.05) is 0 Å². The molecule has 2 aromatic rings. The summed E-state index contributed by atoms with van der Waals surface area (Å²) < 4.78 is 8.02. The molecule has 4 rings (SSSR count). The normalized spacial score (nSPS) is 18.9. The molecule has 29 heavy (non-hydrogen) atoms. The van der Waals surface area contributed by atoms with Crippen molar-refractivity contribution in [1.82, 2.24) is 14.8 Å². The molecule has 1 aliphatic carbocycles. The molecule has 1 aliphatic heterocycles. The van der Waals surface area contributed by atoms with Gasteiger partial charge in [-0.1, -0.05) is 43.8 Å². The maximum absolute atomic E-state index is 12.7. The number of nitrogens with zero attached hydrogens (tertiary/aromatic N) is 3. The number of nitrogens with one attached hydrogen (secondary N) is 1. The van der Waals surface area contributed by atoms with E-state index >= 15 is 0 Å². The highest BCUT2D eigenvalue weighted by Gasteiger charge is 2.32. The van der Waals surface area contributed by atoms with Crippen LogP contribution in [0.5, 0.6) is 0 Å². The van der Waals surface area contributed by atoms with Crippen LogP contribution in [0.4, 0.5) is 5.69 Å². The minimum Gasteiger partial charge on any atom is -0.376 e. The zero-order valence-corrected chi connectivity index (χ0v) is 18.1. The van der Waals surface area contributed by atoms with E-state index in [1.54, 1.807) is 0 Å². The average Bonchev–Trinajstić information content (AvgIpc) is 3.30. The molecule has 1 unspecified atom stereocenters. The highest BCUT2D eigenvalue weighted by atomic mass is 32.2. The summed E-state index contributed by atoms with van der Waals surface area (Å²) in [5, 5.41) is 12.8. The second-order valence-electron chi connectivity index (χ2n) is 7.86. The van der Waals surface area contributed by atoms with E-state index in [0.29, 0.717) is 11.7 Å². The molecule has 1 saturated heterocycles. The van der Waals surface area contributed by atoms with E-state index in [0.717, 1.165) is 55.5 Å². The molecule has 6 nitrogen and oxygen atoms in total. The molecule has 2 fully saturated rings. The fourth-order valence-electron chi connectivity index (χ4n) is 3.92. The van der Waals surface area contributed by atoms with Crippen molar-refractivity contribution in [2.24, 2.45) is 0 Å². The number of thioether (sulfide) groups is 1. The predicted octanol–water partition coefficient (Wildman–Crippen LogP) is 4.19. The van der Waals surface area contributed by atoms with Gasteiger partial charge in [0.05, 0.1) is 18.4 Å². The molecular weight excluding hydrogens is 384 g/mol. The highest BCUT2D eigenvalue weighted by Crippen LogP contribution is 2.40. The zero-order valence-electron chi connectivity index (χ0n) is 17.3. The Balaban J connectivity index is 1.43. The number of rotatable bonds is 9. The number of anilines is 1. The van der Waals surface area contributed by atoms with Gasteiger partial charge in [0.2, 0.25) is 5.91 Å². The van der Waals surface area contributed by atoms with Crippen LogP contribution in [0.2, 0.25) is 0 Å². The molecule has 2 heterocycles. The molecule has 1 aromatic carbocycles. The summed E-state index contributed by atoms with van der Waals surface area (Å²) >= 11 is 1.47. The SMILES string of the molecule is CCc1cccc(CC)c1NC(=O)CSc1nnc(C2CC2)n1CC1CCCO1. The Hall–Kier alpha value is -1.86. The first kappa shape index (κ1) is 20.4. The first-order valence-corrected chi connectivity index (χ1v) is 11.8. The summed E-state index contributed by atoms with van der Waals surface area (Å²) in [6.45, 7) is 5.87. The summed E-state index contributed by atoms with van der Waals surface area (Å²) in [6, 6.07) is 6.24.